The fraction of sp³-hybridized carbons (Fsp3) is 0.286. The van der Waals surface area contributed by atoms with Crippen LogP contribution in [0, 0.1) is 0 Å². The second kappa shape index (κ2) is 8.90. The highest BCUT2D eigenvalue weighted by molar-refractivity contribution is 8.03. The monoisotopic (exact) mass is 368 g/mol. The lowest BCUT2D eigenvalue weighted by atomic mass is 10.2. The van der Waals surface area contributed by atoms with Crippen molar-refractivity contribution < 1.29 is 9.59 Å². The first-order valence-electron chi connectivity index (χ1n) is 6.74. The number of primary amides is 1. The number of para-hydroxylation sites is 1. The summed E-state index contributed by atoms with van der Waals surface area (Å²) >= 11 is 4.33. The smallest absolute Gasteiger partial charge is 0.237 e. The minimum atomic E-state index is -0.430. The number of hydrogen-bond donors (Lipinski definition) is 1. The van der Waals surface area contributed by atoms with E-state index < -0.39 is 5.91 Å². The first-order valence-corrected chi connectivity index (χ1v) is 9.77. The molecule has 0 aliphatic carbocycles. The molecule has 9 heteroatoms. The van der Waals surface area contributed by atoms with Crippen LogP contribution in [0.15, 0.2) is 39.0 Å². The number of thioether (sulfide) groups is 2. The fourth-order valence-electron chi connectivity index (χ4n) is 1.77. The maximum Gasteiger partial charge on any atom is 0.237 e. The molecule has 0 bridgehead atoms. The van der Waals surface area contributed by atoms with Crippen molar-refractivity contribution in [2.24, 2.45) is 5.73 Å². The molecule has 0 fully saturated rings. The Morgan fingerprint density at radius 2 is 1.91 bits per heavy atom. The number of carbonyl (C=O) groups excluding carboxylic acids is 2. The van der Waals surface area contributed by atoms with E-state index >= 15 is 0 Å². The van der Waals surface area contributed by atoms with Crippen LogP contribution < -0.4 is 10.6 Å². The molecule has 122 valence electrons. The summed E-state index contributed by atoms with van der Waals surface area (Å²) in [4.78, 5) is 25.1. The molecule has 0 atom stereocenters. The standard InChI is InChI=1S/C14H16N4O2S3/c1-21-13-16-17-14(23-13)22-9-12(20)18(8-7-11(15)19)10-5-3-2-4-6-10/h2-6H,7-9H2,1H3,(H2,15,19). The second-order valence-corrected chi connectivity index (χ2v) is 7.68. The number of amides is 2. The lowest BCUT2D eigenvalue weighted by Crippen LogP contribution is -2.35. The lowest BCUT2D eigenvalue weighted by Gasteiger charge is -2.22. The van der Waals surface area contributed by atoms with Gasteiger partial charge >= 0.3 is 0 Å². The van der Waals surface area contributed by atoms with Gasteiger partial charge in [0.2, 0.25) is 11.8 Å². The van der Waals surface area contributed by atoms with Crippen LogP contribution >= 0.6 is 34.9 Å². The molecule has 23 heavy (non-hydrogen) atoms. The van der Waals surface area contributed by atoms with Crippen molar-refractivity contribution in [1.82, 2.24) is 10.2 Å². The summed E-state index contributed by atoms with van der Waals surface area (Å²) in [6, 6.07) is 9.24. The molecule has 1 aromatic heterocycles. The lowest BCUT2D eigenvalue weighted by molar-refractivity contribution is -0.118. The van der Waals surface area contributed by atoms with Crippen LogP contribution in [0.3, 0.4) is 0 Å². The van der Waals surface area contributed by atoms with E-state index in [1.807, 2.05) is 36.6 Å². The van der Waals surface area contributed by atoms with Gasteiger partial charge in [0.1, 0.15) is 0 Å². The van der Waals surface area contributed by atoms with Crippen molar-refractivity contribution in [2.45, 2.75) is 15.1 Å². The fourth-order valence-corrected chi connectivity index (χ4v) is 4.08. The third kappa shape index (κ3) is 5.52. The Balaban J connectivity index is 2.02. The molecule has 2 amide bonds. The molecular weight excluding hydrogens is 352 g/mol. The summed E-state index contributed by atoms with van der Waals surface area (Å²) in [5.74, 6) is -0.292. The van der Waals surface area contributed by atoms with E-state index in [0.717, 1.165) is 14.4 Å². The van der Waals surface area contributed by atoms with Gasteiger partial charge in [0.25, 0.3) is 0 Å². The Morgan fingerprint density at radius 3 is 2.52 bits per heavy atom. The van der Waals surface area contributed by atoms with E-state index in [9.17, 15) is 9.59 Å². The average Bonchev–Trinajstić information content (AvgIpc) is 3.02. The van der Waals surface area contributed by atoms with Gasteiger partial charge in [-0.05, 0) is 18.4 Å². The Morgan fingerprint density at radius 1 is 1.22 bits per heavy atom. The summed E-state index contributed by atoms with van der Waals surface area (Å²) in [5, 5.41) is 8.03. The number of rotatable bonds is 8. The Bertz CT molecular complexity index is 663. The van der Waals surface area contributed by atoms with Gasteiger partial charge in [0.15, 0.2) is 8.68 Å². The van der Waals surface area contributed by atoms with E-state index in [0.29, 0.717) is 0 Å². The summed E-state index contributed by atoms with van der Waals surface area (Å²) in [6.45, 7) is 0.269. The first kappa shape index (κ1) is 17.8. The zero-order chi connectivity index (χ0) is 16.7. The Labute approximate surface area is 146 Å². The average molecular weight is 369 g/mol. The highest BCUT2D eigenvalue weighted by Crippen LogP contribution is 2.28. The van der Waals surface area contributed by atoms with E-state index in [1.54, 1.807) is 4.90 Å². The molecule has 0 saturated carbocycles. The third-order valence-corrected chi connectivity index (χ3v) is 5.85. The number of carbonyl (C=O) groups is 2. The molecule has 0 radical (unpaired) electrons. The molecule has 0 saturated heterocycles. The van der Waals surface area contributed by atoms with Gasteiger partial charge in [0, 0.05) is 18.7 Å². The van der Waals surface area contributed by atoms with Crippen molar-refractivity contribution in [2.75, 3.05) is 23.5 Å². The Kier molecular flexibility index (Phi) is 6.87. The molecule has 0 aliphatic rings. The molecule has 2 rings (SSSR count). The van der Waals surface area contributed by atoms with Crippen LogP contribution in [-0.2, 0) is 9.59 Å². The largest absolute Gasteiger partial charge is 0.370 e. The molecule has 1 heterocycles. The number of nitrogens with two attached hydrogens (primary N) is 1. The number of nitrogens with zero attached hydrogens (tertiary/aromatic N) is 3. The van der Waals surface area contributed by atoms with Gasteiger partial charge in [-0.2, -0.15) is 0 Å². The van der Waals surface area contributed by atoms with Gasteiger partial charge in [-0.3, -0.25) is 9.59 Å². The van der Waals surface area contributed by atoms with Gasteiger partial charge < -0.3 is 10.6 Å². The molecule has 0 spiro atoms. The first-order chi connectivity index (χ1) is 11.1. The number of hydrogen-bond acceptors (Lipinski definition) is 7. The van der Waals surface area contributed by atoms with Crippen LogP contribution in [-0.4, -0.2) is 40.6 Å². The summed E-state index contributed by atoms with van der Waals surface area (Å²) < 4.78 is 1.62. The van der Waals surface area contributed by atoms with Gasteiger partial charge in [0.05, 0.1) is 5.75 Å². The van der Waals surface area contributed by atoms with Crippen LogP contribution in [0.1, 0.15) is 6.42 Å². The summed E-state index contributed by atoms with van der Waals surface area (Å²) in [6.07, 6.45) is 2.06. The van der Waals surface area contributed by atoms with E-state index in [-0.39, 0.29) is 24.6 Å². The normalized spacial score (nSPS) is 10.5. The molecular formula is C14H16N4O2S3. The Hall–Kier alpha value is -1.58. The predicted molar refractivity (Wildman–Crippen MR) is 95.0 cm³/mol. The highest BCUT2D eigenvalue weighted by Gasteiger charge is 2.17. The number of benzene rings is 1. The predicted octanol–water partition coefficient (Wildman–Crippen LogP) is 2.26. The molecule has 0 aliphatic heterocycles. The molecule has 6 nitrogen and oxygen atoms in total. The highest BCUT2D eigenvalue weighted by atomic mass is 32.2. The van der Waals surface area contributed by atoms with Crippen LogP contribution in [0.4, 0.5) is 5.69 Å². The van der Waals surface area contributed by atoms with Gasteiger partial charge in [-0.25, -0.2) is 0 Å². The minimum Gasteiger partial charge on any atom is -0.370 e. The van der Waals surface area contributed by atoms with Gasteiger partial charge in [-0.1, -0.05) is 53.1 Å². The maximum absolute atomic E-state index is 12.5. The minimum absolute atomic E-state index is 0.0941. The van der Waals surface area contributed by atoms with Crippen molar-refractivity contribution >= 4 is 52.4 Å². The summed E-state index contributed by atoms with van der Waals surface area (Å²) in [5.41, 5.74) is 5.95. The van der Waals surface area contributed by atoms with Crippen molar-refractivity contribution in [3.63, 3.8) is 0 Å². The van der Waals surface area contributed by atoms with E-state index in [1.165, 1.54) is 34.9 Å². The topological polar surface area (TPSA) is 89.2 Å². The van der Waals surface area contributed by atoms with Crippen molar-refractivity contribution in [3.05, 3.63) is 30.3 Å². The van der Waals surface area contributed by atoms with Crippen LogP contribution in [0.25, 0.3) is 0 Å². The second-order valence-electron chi connectivity index (χ2n) is 4.42. The zero-order valence-corrected chi connectivity index (χ0v) is 14.9. The van der Waals surface area contributed by atoms with Crippen LogP contribution in [0.2, 0.25) is 0 Å². The maximum atomic E-state index is 12.5. The molecule has 1 aromatic carbocycles. The van der Waals surface area contributed by atoms with Crippen LogP contribution in [0.5, 0.6) is 0 Å². The van der Waals surface area contributed by atoms with Crippen molar-refractivity contribution in [3.8, 4) is 0 Å². The SMILES string of the molecule is CSc1nnc(SCC(=O)N(CCC(N)=O)c2ccccc2)s1. The quantitative estimate of drug-likeness (QED) is 0.719. The number of aromatic nitrogens is 2. The van der Waals surface area contributed by atoms with E-state index in [4.69, 9.17) is 5.73 Å². The molecule has 2 N–H and O–H groups in total. The summed E-state index contributed by atoms with van der Waals surface area (Å²) in [7, 11) is 0. The number of anilines is 1. The van der Waals surface area contributed by atoms with Crippen molar-refractivity contribution in [1.29, 1.82) is 0 Å². The van der Waals surface area contributed by atoms with Gasteiger partial charge in [-0.15, -0.1) is 10.2 Å². The third-order valence-electron chi connectivity index (χ3n) is 2.83. The zero-order valence-electron chi connectivity index (χ0n) is 12.5. The van der Waals surface area contributed by atoms with E-state index in [2.05, 4.69) is 10.2 Å². The molecule has 0 unspecified atom stereocenters. The molecule has 2 aromatic rings.